The Balaban J connectivity index is 1.44. The van der Waals surface area contributed by atoms with Crippen LogP contribution in [0.4, 0.5) is 5.69 Å². The van der Waals surface area contributed by atoms with Gasteiger partial charge in [-0.25, -0.2) is 9.97 Å². The molecule has 2 aromatic carbocycles. The first-order valence-corrected chi connectivity index (χ1v) is 9.20. The molecular weight excluding hydrogens is 364 g/mol. The summed E-state index contributed by atoms with van der Waals surface area (Å²) in [6, 6.07) is 18.5. The SMILES string of the molecule is Cc1ccc(C(=O)Nc2ccc(Oc3cc(-n4cccc4)ncn3)cc2)c(C)c1. The summed E-state index contributed by atoms with van der Waals surface area (Å²) in [4.78, 5) is 20.9. The zero-order chi connectivity index (χ0) is 20.2. The second kappa shape index (κ2) is 7.98. The normalized spacial score (nSPS) is 10.6. The van der Waals surface area contributed by atoms with Gasteiger partial charge in [-0.2, -0.15) is 0 Å². The molecule has 4 aromatic rings. The third-order valence-electron chi connectivity index (χ3n) is 4.46. The lowest BCUT2D eigenvalue weighted by Crippen LogP contribution is -2.13. The number of carbonyl (C=O) groups is 1. The summed E-state index contributed by atoms with van der Waals surface area (Å²) in [5.74, 6) is 1.64. The summed E-state index contributed by atoms with van der Waals surface area (Å²) in [6.45, 7) is 3.94. The molecule has 0 fully saturated rings. The quantitative estimate of drug-likeness (QED) is 0.530. The number of nitrogens with one attached hydrogen (secondary N) is 1. The number of nitrogens with zero attached hydrogens (tertiary/aromatic N) is 3. The molecule has 4 rings (SSSR count). The summed E-state index contributed by atoms with van der Waals surface area (Å²) in [5.41, 5.74) is 3.43. The van der Waals surface area contributed by atoms with Gasteiger partial charge in [0.2, 0.25) is 5.88 Å². The average Bonchev–Trinajstić information content (AvgIpc) is 3.24. The van der Waals surface area contributed by atoms with E-state index in [4.69, 9.17) is 4.74 Å². The van der Waals surface area contributed by atoms with Crippen LogP contribution in [-0.4, -0.2) is 20.4 Å². The number of benzene rings is 2. The summed E-state index contributed by atoms with van der Waals surface area (Å²) in [7, 11) is 0. The van der Waals surface area contributed by atoms with Crippen LogP contribution in [-0.2, 0) is 0 Å². The first-order chi connectivity index (χ1) is 14.1. The Morgan fingerprint density at radius 3 is 2.45 bits per heavy atom. The predicted molar refractivity (Wildman–Crippen MR) is 112 cm³/mol. The van der Waals surface area contributed by atoms with E-state index in [2.05, 4.69) is 15.3 Å². The molecule has 29 heavy (non-hydrogen) atoms. The molecule has 0 bridgehead atoms. The van der Waals surface area contributed by atoms with Gasteiger partial charge in [0.1, 0.15) is 17.9 Å². The van der Waals surface area contributed by atoms with Gasteiger partial charge in [0, 0.05) is 29.7 Å². The van der Waals surface area contributed by atoms with Crippen molar-refractivity contribution in [3.05, 3.63) is 96.1 Å². The van der Waals surface area contributed by atoms with E-state index in [0.717, 1.165) is 16.9 Å². The van der Waals surface area contributed by atoms with Crippen molar-refractivity contribution in [1.29, 1.82) is 0 Å². The lowest BCUT2D eigenvalue weighted by molar-refractivity contribution is 0.102. The number of hydrogen-bond acceptors (Lipinski definition) is 4. The molecule has 6 heteroatoms. The number of carbonyl (C=O) groups excluding carboxylic acids is 1. The Kier molecular flexibility index (Phi) is 5.07. The maximum absolute atomic E-state index is 12.5. The second-order valence-corrected chi connectivity index (χ2v) is 6.70. The zero-order valence-electron chi connectivity index (χ0n) is 16.2. The van der Waals surface area contributed by atoms with E-state index >= 15 is 0 Å². The fourth-order valence-electron chi connectivity index (χ4n) is 3.01. The molecule has 0 aliphatic heterocycles. The van der Waals surface area contributed by atoms with E-state index in [0.29, 0.717) is 22.9 Å². The summed E-state index contributed by atoms with van der Waals surface area (Å²) in [6.07, 6.45) is 5.27. The number of amides is 1. The van der Waals surface area contributed by atoms with Crippen molar-refractivity contribution in [1.82, 2.24) is 14.5 Å². The largest absolute Gasteiger partial charge is 0.439 e. The van der Waals surface area contributed by atoms with Crippen molar-refractivity contribution in [2.24, 2.45) is 0 Å². The van der Waals surface area contributed by atoms with Gasteiger partial charge in [0.25, 0.3) is 5.91 Å². The van der Waals surface area contributed by atoms with E-state index in [1.165, 1.54) is 6.33 Å². The standard InChI is InChI=1S/C23H20N4O2/c1-16-5-10-20(17(2)13-16)23(28)26-18-6-8-19(9-7-18)29-22-14-21(24-15-25-22)27-11-3-4-12-27/h3-15H,1-2H3,(H,26,28). The van der Waals surface area contributed by atoms with Crippen LogP contribution in [0.25, 0.3) is 5.82 Å². The highest BCUT2D eigenvalue weighted by atomic mass is 16.5. The Labute approximate surface area is 168 Å². The molecule has 1 N–H and O–H groups in total. The molecule has 1 amide bonds. The van der Waals surface area contributed by atoms with Crippen LogP contribution in [0.5, 0.6) is 11.6 Å². The first kappa shape index (κ1) is 18.4. The van der Waals surface area contributed by atoms with Crippen molar-refractivity contribution < 1.29 is 9.53 Å². The van der Waals surface area contributed by atoms with Crippen LogP contribution in [0, 0.1) is 13.8 Å². The van der Waals surface area contributed by atoms with Gasteiger partial charge in [-0.3, -0.25) is 4.79 Å². The van der Waals surface area contributed by atoms with Crippen LogP contribution in [0.2, 0.25) is 0 Å². The third-order valence-corrected chi connectivity index (χ3v) is 4.46. The second-order valence-electron chi connectivity index (χ2n) is 6.70. The maximum atomic E-state index is 12.5. The lowest BCUT2D eigenvalue weighted by atomic mass is 10.1. The average molecular weight is 384 g/mol. The number of aromatic nitrogens is 3. The van der Waals surface area contributed by atoms with Gasteiger partial charge in [-0.05, 0) is 61.9 Å². The van der Waals surface area contributed by atoms with Crippen LogP contribution in [0.1, 0.15) is 21.5 Å². The minimum atomic E-state index is -0.136. The maximum Gasteiger partial charge on any atom is 0.255 e. The van der Waals surface area contributed by atoms with E-state index in [9.17, 15) is 4.79 Å². The Morgan fingerprint density at radius 2 is 1.72 bits per heavy atom. The summed E-state index contributed by atoms with van der Waals surface area (Å²) in [5, 5.41) is 2.91. The molecular formula is C23H20N4O2. The highest BCUT2D eigenvalue weighted by Gasteiger charge is 2.10. The molecule has 0 aliphatic carbocycles. The number of hydrogen-bond donors (Lipinski definition) is 1. The predicted octanol–water partition coefficient (Wildman–Crippen LogP) is 4.93. The van der Waals surface area contributed by atoms with Gasteiger partial charge in [0.15, 0.2) is 0 Å². The van der Waals surface area contributed by atoms with Gasteiger partial charge < -0.3 is 14.6 Å². The molecule has 2 aromatic heterocycles. The van der Waals surface area contributed by atoms with Gasteiger partial charge in [-0.1, -0.05) is 17.7 Å². The van der Waals surface area contributed by atoms with E-state index < -0.39 is 0 Å². The van der Waals surface area contributed by atoms with E-state index in [-0.39, 0.29) is 5.91 Å². The molecule has 0 unspecified atom stereocenters. The third kappa shape index (κ3) is 4.32. The van der Waals surface area contributed by atoms with Crippen molar-refractivity contribution in [2.75, 3.05) is 5.32 Å². The van der Waals surface area contributed by atoms with E-state index in [1.807, 2.05) is 61.1 Å². The zero-order valence-corrected chi connectivity index (χ0v) is 16.2. The van der Waals surface area contributed by atoms with Crippen molar-refractivity contribution >= 4 is 11.6 Å². The first-order valence-electron chi connectivity index (χ1n) is 9.20. The fourth-order valence-corrected chi connectivity index (χ4v) is 3.01. The van der Waals surface area contributed by atoms with Crippen molar-refractivity contribution in [3.63, 3.8) is 0 Å². The van der Waals surface area contributed by atoms with Crippen LogP contribution in [0.15, 0.2) is 79.4 Å². The molecule has 144 valence electrons. The van der Waals surface area contributed by atoms with Gasteiger partial charge >= 0.3 is 0 Å². The molecule has 0 aliphatic rings. The number of rotatable bonds is 5. The summed E-state index contributed by atoms with van der Waals surface area (Å²) < 4.78 is 7.69. The van der Waals surface area contributed by atoms with Crippen LogP contribution >= 0.6 is 0 Å². The fraction of sp³-hybridized carbons (Fsp3) is 0.0870. The topological polar surface area (TPSA) is 69.0 Å². The van der Waals surface area contributed by atoms with E-state index in [1.54, 1.807) is 30.3 Å². The molecule has 0 saturated heterocycles. The smallest absolute Gasteiger partial charge is 0.255 e. The molecule has 6 nitrogen and oxygen atoms in total. The number of aryl methyl sites for hydroxylation is 2. The Morgan fingerprint density at radius 1 is 0.966 bits per heavy atom. The minimum Gasteiger partial charge on any atom is -0.439 e. The summed E-state index contributed by atoms with van der Waals surface area (Å²) >= 11 is 0. The Bertz CT molecular complexity index is 1140. The molecule has 0 spiro atoms. The van der Waals surface area contributed by atoms with Gasteiger partial charge in [0.05, 0.1) is 0 Å². The molecule has 2 heterocycles. The van der Waals surface area contributed by atoms with Crippen LogP contribution < -0.4 is 10.1 Å². The number of anilines is 1. The highest BCUT2D eigenvalue weighted by Crippen LogP contribution is 2.23. The molecule has 0 radical (unpaired) electrons. The highest BCUT2D eigenvalue weighted by molar-refractivity contribution is 6.05. The minimum absolute atomic E-state index is 0.136. The van der Waals surface area contributed by atoms with Crippen molar-refractivity contribution in [2.45, 2.75) is 13.8 Å². The molecule has 0 saturated carbocycles. The van der Waals surface area contributed by atoms with Crippen LogP contribution in [0.3, 0.4) is 0 Å². The monoisotopic (exact) mass is 384 g/mol. The van der Waals surface area contributed by atoms with Gasteiger partial charge in [-0.15, -0.1) is 0 Å². The van der Waals surface area contributed by atoms with Crippen molar-refractivity contribution in [3.8, 4) is 17.4 Å². The lowest BCUT2D eigenvalue weighted by Gasteiger charge is -2.10. The Hall–Kier alpha value is -3.93. The number of ether oxygens (including phenoxy) is 1. The molecule has 0 atom stereocenters.